The van der Waals surface area contributed by atoms with Crippen LogP contribution in [-0.4, -0.2) is 49.3 Å². The van der Waals surface area contributed by atoms with Gasteiger partial charge in [0.2, 0.25) is 0 Å². The van der Waals surface area contributed by atoms with Gasteiger partial charge in [-0.15, -0.1) is 0 Å². The molecule has 1 N–H and O–H groups in total. The Bertz CT molecular complexity index is 182. The van der Waals surface area contributed by atoms with Crippen molar-refractivity contribution in [1.82, 2.24) is 10.2 Å². The van der Waals surface area contributed by atoms with E-state index in [1.165, 1.54) is 19.4 Å². The quantitative estimate of drug-likeness (QED) is 0.676. The summed E-state index contributed by atoms with van der Waals surface area (Å²) in [6, 6.07) is 0.651. The third-order valence-electron chi connectivity index (χ3n) is 3.43. The first kappa shape index (κ1) is 10.4. The standard InChI is InChI=1S/C11H22N2O/c1-10(2)13-6-3-4-11(9-13)8-12-5-7-14-11/h10,12H,3-9H2,1-2H3/t11-/m1/s1. The van der Waals surface area contributed by atoms with Crippen LogP contribution in [0.1, 0.15) is 26.7 Å². The normalized spacial score (nSPS) is 35.4. The topological polar surface area (TPSA) is 24.5 Å². The maximum Gasteiger partial charge on any atom is 0.0933 e. The van der Waals surface area contributed by atoms with E-state index in [0.29, 0.717) is 6.04 Å². The molecule has 0 aliphatic carbocycles. The van der Waals surface area contributed by atoms with E-state index in [0.717, 1.165) is 26.2 Å². The van der Waals surface area contributed by atoms with Gasteiger partial charge in [0.25, 0.3) is 0 Å². The summed E-state index contributed by atoms with van der Waals surface area (Å²) < 4.78 is 5.98. The Balaban J connectivity index is 1.97. The summed E-state index contributed by atoms with van der Waals surface area (Å²) in [7, 11) is 0. The zero-order chi connectivity index (χ0) is 10.0. The molecule has 0 saturated carbocycles. The number of piperidine rings is 1. The van der Waals surface area contributed by atoms with Crippen LogP contribution >= 0.6 is 0 Å². The maximum atomic E-state index is 5.98. The number of morpholine rings is 1. The molecule has 1 atom stereocenters. The third-order valence-corrected chi connectivity index (χ3v) is 3.43. The predicted octanol–water partition coefficient (Wildman–Crippen LogP) is 0.849. The summed E-state index contributed by atoms with van der Waals surface area (Å²) in [5.41, 5.74) is 0.126. The zero-order valence-electron chi connectivity index (χ0n) is 9.38. The summed E-state index contributed by atoms with van der Waals surface area (Å²) in [5, 5.41) is 3.45. The summed E-state index contributed by atoms with van der Waals surface area (Å²) in [4.78, 5) is 2.54. The Hall–Kier alpha value is -0.120. The average Bonchev–Trinajstić information content (AvgIpc) is 2.19. The molecule has 1 spiro atoms. The Morgan fingerprint density at radius 3 is 2.93 bits per heavy atom. The van der Waals surface area contributed by atoms with Crippen molar-refractivity contribution in [2.45, 2.75) is 38.3 Å². The van der Waals surface area contributed by atoms with Crippen LogP contribution in [0.25, 0.3) is 0 Å². The van der Waals surface area contributed by atoms with Crippen molar-refractivity contribution >= 4 is 0 Å². The fraction of sp³-hybridized carbons (Fsp3) is 1.00. The number of nitrogens with one attached hydrogen (secondary N) is 1. The van der Waals surface area contributed by atoms with E-state index in [9.17, 15) is 0 Å². The third kappa shape index (κ3) is 2.10. The highest BCUT2D eigenvalue weighted by Gasteiger charge is 2.38. The van der Waals surface area contributed by atoms with E-state index in [1.807, 2.05) is 0 Å². The number of hydrogen-bond acceptors (Lipinski definition) is 3. The second kappa shape index (κ2) is 4.17. The fourth-order valence-electron chi connectivity index (χ4n) is 2.54. The van der Waals surface area contributed by atoms with Crippen LogP contribution in [-0.2, 0) is 4.74 Å². The Labute approximate surface area is 86.8 Å². The van der Waals surface area contributed by atoms with Gasteiger partial charge >= 0.3 is 0 Å². The van der Waals surface area contributed by atoms with E-state index >= 15 is 0 Å². The highest BCUT2D eigenvalue weighted by Crippen LogP contribution is 2.27. The maximum absolute atomic E-state index is 5.98. The van der Waals surface area contributed by atoms with Gasteiger partial charge in [-0.2, -0.15) is 0 Å². The number of rotatable bonds is 1. The molecule has 0 aromatic carbocycles. The Morgan fingerprint density at radius 1 is 1.43 bits per heavy atom. The van der Waals surface area contributed by atoms with Crippen molar-refractivity contribution in [3.63, 3.8) is 0 Å². The molecule has 3 heteroatoms. The van der Waals surface area contributed by atoms with Crippen LogP contribution in [0.15, 0.2) is 0 Å². The van der Waals surface area contributed by atoms with Crippen molar-refractivity contribution in [1.29, 1.82) is 0 Å². The van der Waals surface area contributed by atoms with Crippen LogP contribution < -0.4 is 5.32 Å². The van der Waals surface area contributed by atoms with Crippen molar-refractivity contribution in [3.05, 3.63) is 0 Å². The molecule has 0 aromatic rings. The molecule has 2 fully saturated rings. The molecule has 0 unspecified atom stereocenters. The van der Waals surface area contributed by atoms with Gasteiger partial charge in [0.1, 0.15) is 0 Å². The van der Waals surface area contributed by atoms with E-state index < -0.39 is 0 Å². The molecule has 2 heterocycles. The lowest BCUT2D eigenvalue weighted by atomic mass is 9.91. The molecule has 2 aliphatic rings. The molecule has 2 aliphatic heterocycles. The van der Waals surface area contributed by atoms with Gasteiger partial charge in [-0.1, -0.05) is 0 Å². The van der Waals surface area contributed by atoms with Crippen LogP contribution in [0.3, 0.4) is 0 Å². The smallest absolute Gasteiger partial charge is 0.0933 e. The second-order valence-electron chi connectivity index (χ2n) is 4.88. The highest BCUT2D eigenvalue weighted by atomic mass is 16.5. The first-order chi connectivity index (χ1) is 6.72. The minimum absolute atomic E-state index is 0.126. The highest BCUT2D eigenvalue weighted by molar-refractivity contribution is 4.93. The van der Waals surface area contributed by atoms with Crippen molar-refractivity contribution < 1.29 is 4.74 Å². The summed E-state index contributed by atoms with van der Waals surface area (Å²) in [6.45, 7) is 9.83. The van der Waals surface area contributed by atoms with E-state index in [2.05, 4.69) is 24.1 Å². The molecule has 14 heavy (non-hydrogen) atoms. The number of hydrogen-bond donors (Lipinski definition) is 1. The van der Waals surface area contributed by atoms with Crippen LogP contribution in [0, 0.1) is 0 Å². The number of likely N-dealkylation sites (tertiary alicyclic amines) is 1. The van der Waals surface area contributed by atoms with Crippen LogP contribution in [0.4, 0.5) is 0 Å². The largest absolute Gasteiger partial charge is 0.371 e. The average molecular weight is 198 g/mol. The van der Waals surface area contributed by atoms with Crippen molar-refractivity contribution in [2.24, 2.45) is 0 Å². The van der Waals surface area contributed by atoms with Gasteiger partial charge in [0, 0.05) is 25.7 Å². The lowest BCUT2D eigenvalue weighted by Crippen LogP contribution is -2.59. The van der Waals surface area contributed by atoms with Crippen LogP contribution in [0.2, 0.25) is 0 Å². The monoisotopic (exact) mass is 198 g/mol. The van der Waals surface area contributed by atoms with Gasteiger partial charge in [-0.3, -0.25) is 4.90 Å². The molecule has 3 nitrogen and oxygen atoms in total. The van der Waals surface area contributed by atoms with Gasteiger partial charge in [-0.05, 0) is 33.2 Å². The second-order valence-corrected chi connectivity index (χ2v) is 4.88. The SMILES string of the molecule is CC(C)N1CCC[C@@]2(CNCCO2)C1. The molecule has 0 radical (unpaired) electrons. The Morgan fingerprint density at radius 2 is 2.29 bits per heavy atom. The molecular formula is C11H22N2O. The number of nitrogens with zero attached hydrogens (tertiary/aromatic N) is 1. The van der Waals surface area contributed by atoms with E-state index in [-0.39, 0.29) is 5.60 Å². The fourth-order valence-corrected chi connectivity index (χ4v) is 2.54. The molecule has 0 aromatic heterocycles. The molecule has 0 amide bonds. The Kier molecular flexibility index (Phi) is 3.10. The predicted molar refractivity (Wildman–Crippen MR) is 57.5 cm³/mol. The number of ether oxygens (including phenoxy) is 1. The summed E-state index contributed by atoms with van der Waals surface area (Å²) in [5.74, 6) is 0. The van der Waals surface area contributed by atoms with Crippen molar-refractivity contribution in [3.8, 4) is 0 Å². The van der Waals surface area contributed by atoms with Crippen LogP contribution in [0.5, 0.6) is 0 Å². The van der Waals surface area contributed by atoms with Gasteiger partial charge in [-0.25, -0.2) is 0 Å². The summed E-state index contributed by atoms with van der Waals surface area (Å²) >= 11 is 0. The molecular weight excluding hydrogens is 176 g/mol. The first-order valence-corrected chi connectivity index (χ1v) is 5.81. The van der Waals surface area contributed by atoms with E-state index in [1.54, 1.807) is 0 Å². The van der Waals surface area contributed by atoms with Gasteiger partial charge in [0.15, 0.2) is 0 Å². The molecule has 2 saturated heterocycles. The molecule has 82 valence electrons. The zero-order valence-corrected chi connectivity index (χ0v) is 9.38. The minimum atomic E-state index is 0.126. The van der Waals surface area contributed by atoms with Crippen molar-refractivity contribution in [2.75, 3.05) is 32.8 Å². The summed E-state index contributed by atoms with van der Waals surface area (Å²) in [6.07, 6.45) is 2.50. The van der Waals surface area contributed by atoms with Gasteiger partial charge in [0.05, 0.1) is 12.2 Å². The van der Waals surface area contributed by atoms with Gasteiger partial charge < -0.3 is 10.1 Å². The lowest BCUT2D eigenvalue weighted by molar-refractivity contribution is -0.110. The molecule has 2 rings (SSSR count). The first-order valence-electron chi connectivity index (χ1n) is 5.81. The van der Waals surface area contributed by atoms with E-state index in [4.69, 9.17) is 4.74 Å². The lowest BCUT2D eigenvalue weighted by Gasteiger charge is -2.46. The molecule has 0 bridgehead atoms. The minimum Gasteiger partial charge on any atom is -0.371 e.